The van der Waals surface area contributed by atoms with Crippen molar-refractivity contribution in [3.63, 3.8) is 0 Å². The summed E-state index contributed by atoms with van der Waals surface area (Å²) < 4.78 is 2.01. The zero-order valence-electron chi connectivity index (χ0n) is 19.0. The Bertz CT molecular complexity index is 1280. The van der Waals surface area contributed by atoms with Gasteiger partial charge < -0.3 is 19.9 Å². The monoisotopic (exact) mass is 495 g/mol. The average molecular weight is 496 g/mol. The van der Waals surface area contributed by atoms with E-state index in [0.717, 1.165) is 59.7 Å². The van der Waals surface area contributed by atoms with Crippen LogP contribution in [0.3, 0.4) is 0 Å². The van der Waals surface area contributed by atoms with E-state index in [0.29, 0.717) is 23.0 Å². The third-order valence-corrected chi connectivity index (χ3v) is 7.10. The van der Waals surface area contributed by atoms with E-state index in [4.69, 9.17) is 33.2 Å². The van der Waals surface area contributed by atoms with Gasteiger partial charge in [-0.25, -0.2) is 9.97 Å². The van der Waals surface area contributed by atoms with Crippen LogP contribution in [0.1, 0.15) is 29.8 Å². The minimum absolute atomic E-state index is 0.169. The van der Waals surface area contributed by atoms with E-state index in [-0.39, 0.29) is 6.10 Å². The van der Waals surface area contributed by atoms with Gasteiger partial charge in [-0.2, -0.15) is 0 Å². The van der Waals surface area contributed by atoms with Crippen molar-refractivity contribution in [1.82, 2.24) is 14.5 Å². The Morgan fingerprint density at radius 2 is 1.71 bits per heavy atom. The minimum atomic E-state index is -0.169. The SMILES string of the molecule is Cn1ccc2nc(Cc3ccc(N4CCC(O)CC4)cc3)nc(NCc3c(Cl)cccc3Cl)c21. The highest BCUT2D eigenvalue weighted by Gasteiger charge is 2.17. The van der Waals surface area contributed by atoms with Gasteiger partial charge in [-0.1, -0.05) is 41.4 Å². The van der Waals surface area contributed by atoms with Gasteiger partial charge in [-0.3, -0.25) is 0 Å². The summed E-state index contributed by atoms with van der Waals surface area (Å²) in [7, 11) is 1.98. The molecule has 0 saturated carbocycles. The number of rotatable bonds is 6. The lowest BCUT2D eigenvalue weighted by atomic mass is 10.1. The molecule has 0 aliphatic carbocycles. The molecule has 4 aromatic rings. The summed E-state index contributed by atoms with van der Waals surface area (Å²) in [5.41, 5.74) is 5.01. The Kier molecular flexibility index (Phi) is 6.63. The number of aliphatic hydroxyl groups excluding tert-OH is 1. The highest BCUT2D eigenvalue weighted by atomic mass is 35.5. The Hall–Kier alpha value is -2.80. The molecule has 0 bridgehead atoms. The summed E-state index contributed by atoms with van der Waals surface area (Å²) in [4.78, 5) is 12.0. The largest absolute Gasteiger partial charge is 0.393 e. The van der Waals surface area contributed by atoms with E-state index in [2.05, 4.69) is 34.5 Å². The molecule has 1 fully saturated rings. The zero-order valence-corrected chi connectivity index (χ0v) is 20.5. The standard InChI is InChI=1S/C26H27Cl2N5O/c1-32-12-11-23-25(32)26(29-16-20-21(27)3-2-4-22(20)28)31-24(30-23)15-17-5-7-18(8-6-17)33-13-9-19(34)10-14-33/h2-8,11-12,19,34H,9-10,13-16H2,1H3,(H,29,30,31). The fourth-order valence-corrected chi connectivity index (χ4v) is 4.98. The summed E-state index contributed by atoms with van der Waals surface area (Å²) in [5, 5.41) is 14.4. The Morgan fingerprint density at radius 3 is 2.41 bits per heavy atom. The third-order valence-electron chi connectivity index (χ3n) is 6.39. The number of fused-ring (bicyclic) bond motifs is 1. The summed E-state index contributed by atoms with van der Waals surface area (Å²) in [5.74, 6) is 1.51. The summed E-state index contributed by atoms with van der Waals surface area (Å²) in [6.07, 6.45) is 4.09. The van der Waals surface area contributed by atoms with Crippen molar-refractivity contribution in [3.8, 4) is 0 Å². The molecule has 0 unspecified atom stereocenters. The van der Waals surface area contributed by atoms with E-state index in [1.807, 2.05) is 42.1 Å². The van der Waals surface area contributed by atoms with Crippen molar-refractivity contribution in [3.05, 3.63) is 81.7 Å². The number of nitrogens with one attached hydrogen (secondary N) is 1. The molecule has 0 spiro atoms. The van der Waals surface area contributed by atoms with Gasteiger partial charge >= 0.3 is 0 Å². The number of aliphatic hydroxyl groups is 1. The van der Waals surface area contributed by atoms with Crippen LogP contribution in [-0.2, 0) is 20.0 Å². The number of piperidine rings is 1. The second kappa shape index (κ2) is 9.82. The van der Waals surface area contributed by atoms with Crippen LogP contribution >= 0.6 is 23.2 Å². The number of benzene rings is 2. The lowest BCUT2D eigenvalue weighted by Gasteiger charge is -2.31. The van der Waals surface area contributed by atoms with E-state index in [1.165, 1.54) is 5.69 Å². The molecule has 34 heavy (non-hydrogen) atoms. The molecule has 2 aromatic heterocycles. The van der Waals surface area contributed by atoms with E-state index in [9.17, 15) is 5.11 Å². The molecule has 3 heterocycles. The minimum Gasteiger partial charge on any atom is -0.393 e. The lowest BCUT2D eigenvalue weighted by Crippen LogP contribution is -2.35. The number of nitrogens with zero attached hydrogens (tertiary/aromatic N) is 4. The predicted molar refractivity (Wildman–Crippen MR) is 139 cm³/mol. The fraction of sp³-hybridized carbons (Fsp3) is 0.308. The van der Waals surface area contributed by atoms with Crippen LogP contribution in [0.15, 0.2) is 54.7 Å². The van der Waals surface area contributed by atoms with Crippen molar-refractivity contribution in [2.45, 2.75) is 31.9 Å². The van der Waals surface area contributed by atoms with Gasteiger partial charge in [0.05, 0.1) is 11.6 Å². The molecule has 176 valence electrons. The van der Waals surface area contributed by atoms with Crippen molar-refractivity contribution < 1.29 is 5.11 Å². The average Bonchev–Trinajstić information content (AvgIpc) is 3.20. The van der Waals surface area contributed by atoms with Gasteiger partial charge in [0.2, 0.25) is 0 Å². The number of hydrogen-bond donors (Lipinski definition) is 2. The quantitative estimate of drug-likeness (QED) is 0.372. The van der Waals surface area contributed by atoms with Gasteiger partial charge in [0.15, 0.2) is 5.82 Å². The van der Waals surface area contributed by atoms with Crippen LogP contribution in [0.2, 0.25) is 10.0 Å². The highest BCUT2D eigenvalue weighted by Crippen LogP contribution is 2.28. The molecule has 8 heteroatoms. The molecule has 6 nitrogen and oxygen atoms in total. The normalized spacial score (nSPS) is 14.6. The van der Waals surface area contributed by atoms with Crippen molar-refractivity contribution in [2.75, 3.05) is 23.3 Å². The number of aryl methyl sites for hydroxylation is 1. The molecule has 5 rings (SSSR count). The highest BCUT2D eigenvalue weighted by molar-refractivity contribution is 6.36. The Morgan fingerprint density at radius 1 is 1.00 bits per heavy atom. The molecule has 0 radical (unpaired) electrons. The molecule has 0 atom stereocenters. The molecule has 1 aliphatic heterocycles. The maximum absolute atomic E-state index is 9.75. The predicted octanol–water partition coefficient (Wildman–Crippen LogP) is 5.44. The molecule has 0 amide bonds. The number of anilines is 2. The van der Waals surface area contributed by atoms with Crippen LogP contribution in [0.5, 0.6) is 0 Å². The van der Waals surface area contributed by atoms with Crippen molar-refractivity contribution in [1.29, 1.82) is 0 Å². The first kappa shape index (κ1) is 23.0. The molecule has 1 saturated heterocycles. The molecular formula is C26H27Cl2N5O. The topological polar surface area (TPSA) is 66.2 Å². The Labute approximate surface area is 209 Å². The molecule has 2 N–H and O–H groups in total. The Balaban J connectivity index is 1.37. The van der Waals surface area contributed by atoms with Gasteiger partial charge in [-0.05, 0) is 48.7 Å². The van der Waals surface area contributed by atoms with Gasteiger partial charge in [0, 0.05) is 60.6 Å². The van der Waals surface area contributed by atoms with E-state index >= 15 is 0 Å². The van der Waals surface area contributed by atoms with E-state index < -0.39 is 0 Å². The van der Waals surface area contributed by atoms with Crippen LogP contribution in [0.25, 0.3) is 11.0 Å². The van der Waals surface area contributed by atoms with Crippen LogP contribution < -0.4 is 10.2 Å². The van der Waals surface area contributed by atoms with Gasteiger partial charge in [0.1, 0.15) is 11.3 Å². The fourth-order valence-electron chi connectivity index (χ4n) is 4.45. The van der Waals surface area contributed by atoms with Crippen LogP contribution in [0, 0.1) is 0 Å². The van der Waals surface area contributed by atoms with Crippen LogP contribution in [-0.4, -0.2) is 38.8 Å². The second-order valence-electron chi connectivity index (χ2n) is 8.76. The van der Waals surface area contributed by atoms with Crippen molar-refractivity contribution >= 4 is 45.7 Å². The van der Waals surface area contributed by atoms with E-state index in [1.54, 1.807) is 0 Å². The first-order valence-electron chi connectivity index (χ1n) is 11.5. The zero-order chi connectivity index (χ0) is 23.7. The maximum Gasteiger partial charge on any atom is 0.154 e. The van der Waals surface area contributed by atoms with Gasteiger partial charge in [0.25, 0.3) is 0 Å². The summed E-state index contributed by atoms with van der Waals surface area (Å²) in [6.45, 7) is 2.24. The number of aromatic nitrogens is 3. The lowest BCUT2D eigenvalue weighted by molar-refractivity contribution is 0.145. The number of halogens is 2. The molecule has 1 aliphatic rings. The first-order valence-corrected chi connectivity index (χ1v) is 12.2. The van der Waals surface area contributed by atoms with Crippen molar-refractivity contribution in [2.24, 2.45) is 7.05 Å². The van der Waals surface area contributed by atoms with Gasteiger partial charge in [-0.15, -0.1) is 0 Å². The smallest absolute Gasteiger partial charge is 0.154 e. The van der Waals surface area contributed by atoms with Crippen LogP contribution in [0.4, 0.5) is 11.5 Å². The summed E-state index contributed by atoms with van der Waals surface area (Å²) in [6, 6.07) is 16.1. The molecular weight excluding hydrogens is 469 g/mol. The molecule has 2 aromatic carbocycles. The first-order chi connectivity index (χ1) is 16.5. The summed E-state index contributed by atoms with van der Waals surface area (Å²) >= 11 is 12.7. The number of hydrogen-bond acceptors (Lipinski definition) is 5. The maximum atomic E-state index is 9.75. The third kappa shape index (κ3) is 4.85. The second-order valence-corrected chi connectivity index (χ2v) is 9.58.